The first-order chi connectivity index (χ1) is 6.19. The Kier molecular flexibility index (Phi) is 3.28. The lowest BCUT2D eigenvalue weighted by molar-refractivity contribution is 0.221. The maximum absolute atomic E-state index is 9.45. The minimum atomic E-state index is -0.778. The molecule has 0 aliphatic rings. The molecule has 0 radical (unpaired) electrons. The van der Waals surface area contributed by atoms with Crippen molar-refractivity contribution in [2.24, 2.45) is 0 Å². The molecule has 0 aromatic carbocycles. The summed E-state index contributed by atoms with van der Waals surface area (Å²) in [6.07, 6.45) is 0.618. The predicted molar refractivity (Wildman–Crippen MR) is 51.0 cm³/mol. The highest BCUT2D eigenvalue weighted by atomic mass is 35.5. The summed E-state index contributed by atoms with van der Waals surface area (Å²) >= 11 is 5.64. The Morgan fingerprint density at radius 1 is 1.69 bits per heavy atom. The van der Waals surface area contributed by atoms with Crippen LogP contribution >= 0.6 is 11.6 Å². The highest BCUT2D eigenvalue weighted by Crippen LogP contribution is 2.25. The van der Waals surface area contributed by atoms with Gasteiger partial charge in [-0.2, -0.15) is 0 Å². The molecule has 0 spiro atoms. The number of halogens is 1. The lowest BCUT2D eigenvalue weighted by Gasteiger charge is -2.09. The van der Waals surface area contributed by atoms with E-state index in [1.165, 1.54) is 13.2 Å². The molecule has 3 nitrogen and oxygen atoms in total. The first kappa shape index (κ1) is 10.0. The third-order valence-electron chi connectivity index (χ3n) is 1.59. The molecule has 1 atom stereocenters. The van der Waals surface area contributed by atoms with Crippen molar-refractivity contribution in [3.8, 4) is 5.88 Å². The van der Waals surface area contributed by atoms with Crippen molar-refractivity contribution < 1.29 is 9.84 Å². The van der Waals surface area contributed by atoms with Crippen molar-refractivity contribution in [2.45, 2.75) is 6.10 Å². The number of nitrogens with zero attached hydrogens (tertiary/aromatic N) is 1. The van der Waals surface area contributed by atoms with Crippen LogP contribution in [0.5, 0.6) is 5.88 Å². The van der Waals surface area contributed by atoms with Gasteiger partial charge >= 0.3 is 0 Å². The molecule has 0 saturated heterocycles. The summed E-state index contributed by atoms with van der Waals surface area (Å²) in [7, 11) is 1.47. The average Bonchev–Trinajstić information content (AvgIpc) is 2.16. The van der Waals surface area contributed by atoms with Crippen molar-refractivity contribution >= 4 is 11.6 Å². The molecule has 4 heteroatoms. The molecule has 1 aromatic heterocycles. The molecular weight excluding hydrogens is 190 g/mol. The van der Waals surface area contributed by atoms with E-state index in [4.69, 9.17) is 16.3 Å². The fraction of sp³-hybridized carbons (Fsp3) is 0.222. The summed E-state index contributed by atoms with van der Waals surface area (Å²) in [6, 6.07) is 3.24. The molecular formula is C9H10ClNO2. The monoisotopic (exact) mass is 199 g/mol. The summed E-state index contributed by atoms with van der Waals surface area (Å²) < 4.78 is 4.95. The number of aliphatic hydroxyl groups excluding tert-OH is 1. The molecule has 0 bridgehead atoms. The first-order valence-corrected chi connectivity index (χ1v) is 4.08. The van der Waals surface area contributed by atoms with Crippen molar-refractivity contribution in [3.05, 3.63) is 35.5 Å². The van der Waals surface area contributed by atoms with Gasteiger partial charge < -0.3 is 9.84 Å². The van der Waals surface area contributed by atoms with E-state index in [-0.39, 0.29) is 0 Å². The van der Waals surface area contributed by atoms with Gasteiger partial charge in [-0.3, -0.25) is 0 Å². The quantitative estimate of drug-likeness (QED) is 0.598. The molecule has 0 fully saturated rings. The van der Waals surface area contributed by atoms with E-state index in [9.17, 15) is 5.11 Å². The number of rotatable bonds is 3. The SMILES string of the molecule is C=CC(O)c1ccc(Cl)nc1OC. The molecule has 0 saturated carbocycles. The van der Waals surface area contributed by atoms with E-state index < -0.39 is 6.10 Å². The van der Waals surface area contributed by atoms with Gasteiger partial charge in [0, 0.05) is 5.56 Å². The molecule has 0 amide bonds. The smallest absolute Gasteiger partial charge is 0.220 e. The summed E-state index contributed by atoms with van der Waals surface area (Å²) in [5, 5.41) is 9.78. The van der Waals surface area contributed by atoms with E-state index >= 15 is 0 Å². The van der Waals surface area contributed by atoms with Crippen molar-refractivity contribution in [1.29, 1.82) is 0 Å². The molecule has 0 aliphatic heterocycles. The van der Waals surface area contributed by atoms with Crippen LogP contribution in [0.15, 0.2) is 24.8 Å². The maximum Gasteiger partial charge on any atom is 0.220 e. The number of pyridine rings is 1. The average molecular weight is 200 g/mol. The summed E-state index contributed by atoms with van der Waals surface area (Å²) in [4.78, 5) is 3.90. The number of hydrogen-bond acceptors (Lipinski definition) is 3. The molecule has 13 heavy (non-hydrogen) atoms. The Bertz CT molecular complexity index is 314. The van der Waals surface area contributed by atoms with Crippen LogP contribution < -0.4 is 4.74 Å². The highest BCUT2D eigenvalue weighted by molar-refractivity contribution is 6.29. The van der Waals surface area contributed by atoms with Gasteiger partial charge in [-0.25, -0.2) is 4.98 Å². The van der Waals surface area contributed by atoms with E-state index in [1.54, 1.807) is 12.1 Å². The molecule has 1 unspecified atom stereocenters. The number of ether oxygens (including phenoxy) is 1. The summed E-state index contributed by atoms with van der Waals surface area (Å²) in [6.45, 7) is 3.47. The van der Waals surface area contributed by atoms with Gasteiger partial charge in [-0.15, -0.1) is 6.58 Å². The summed E-state index contributed by atoms with van der Waals surface area (Å²) in [5.74, 6) is 0.319. The topological polar surface area (TPSA) is 42.4 Å². The first-order valence-electron chi connectivity index (χ1n) is 3.70. The third kappa shape index (κ3) is 2.20. The summed E-state index contributed by atoms with van der Waals surface area (Å²) in [5.41, 5.74) is 0.557. The highest BCUT2D eigenvalue weighted by Gasteiger charge is 2.11. The van der Waals surface area contributed by atoms with Crippen LogP contribution in [-0.2, 0) is 0 Å². The predicted octanol–water partition coefficient (Wildman–Crippen LogP) is 1.96. The van der Waals surface area contributed by atoms with Crippen molar-refractivity contribution in [2.75, 3.05) is 7.11 Å². The standard InChI is InChI=1S/C9H10ClNO2/c1-3-7(12)6-4-5-8(10)11-9(6)13-2/h3-5,7,12H,1H2,2H3. The fourth-order valence-corrected chi connectivity index (χ4v) is 1.08. The zero-order chi connectivity index (χ0) is 9.84. The third-order valence-corrected chi connectivity index (χ3v) is 1.80. The minimum absolute atomic E-state index is 0.319. The molecule has 1 rings (SSSR count). The lowest BCUT2D eigenvalue weighted by Crippen LogP contribution is -1.99. The number of aromatic nitrogens is 1. The normalized spacial score (nSPS) is 12.2. The van der Waals surface area contributed by atoms with Crippen LogP contribution in [0.1, 0.15) is 11.7 Å². The minimum Gasteiger partial charge on any atom is -0.481 e. The molecule has 1 aromatic rings. The molecule has 0 aliphatic carbocycles. The van der Waals surface area contributed by atoms with Crippen LogP contribution in [0, 0.1) is 0 Å². The van der Waals surface area contributed by atoms with Gasteiger partial charge in [0.15, 0.2) is 0 Å². The second-order valence-corrected chi connectivity index (χ2v) is 2.80. The van der Waals surface area contributed by atoms with Crippen molar-refractivity contribution in [1.82, 2.24) is 4.98 Å². The Morgan fingerprint density at radius 2 is 2.38 bits per heavy atom. The van der Waals surface area contributed by atoms with Gasteiger partial charge in [-0.05, 0) is 12.1 Å². The largest absolute Gasteiger partial charge is 0.481 e. The van der Waals surface area contributed by atoms with Gasteiger partial charge in [0.2, 0.25) is 5.88 Å². The zero-order valence-electron chi connectivity index (χ0n) is 7.20. The lowest BCUT2D eigenvalue weighted by atomic mass is 10.1. The fourth-order valence-electron chi connectivity index (χ4n) is 0.944. The number of methoxy groups -OCH3 is 1. The Balaban J connectivity index is 3.12. The Hall–Kier alpha value is -1.06. The molecule has 70 valence electrons. The Morgan fingerprint density at radius 3 is 2.92 bits per heavy atom. The van der Waals surface area contributed by atoms with E-state index in [2.05, 4.69) is 11.6 Å². The molecule has 1 N–H and O–H groups in total. The second-order valence-electron chi connectivity index (χ2n) is 2.41. The zero-order valence-corrected chi connectivity index (χ0v) is 7.95. The van der Waals surface area contributed by atoms with Crippen LogP contribution in [0.3, 0.4) is 0 Å². The number of aliphatic hydroxyl groups is 1. The van der Waals surface area contributed by atoms with Gasteiger partial charge in [0.05, 0.1) is 7.11 Å². The maximum atomic E-state index is 9.45. The Labute approximate surface area is 81.6 Å². The van der Waals surface area contributed by atoms with E-state index in [0.29, 0.717) is 16.6 Å². The van der Waals surface area contributed by atoms with Gasteiger partial charge in [-0.1, -0.05) is 17.7 Å². The van der Waals surface area contributed by atoms with Gasteiger partial charge in [0.25, 0.3) is 0 Å². The van der Waals surface area contributed by atoms with E-state index in [1.807, 2.05) is 0 Å². The van der Waals surface area contributed by atoms with Crippen molar-refractivity contribution in [3.63, 3.8) is 0 Å². The van der Waals surface area contributed by atoms with E-state index in [0.717, 1.165) is 0 Å². The van der Waals surface area contributed by atoms with Crippen LogP contribution in [0.4, 0.5) is 0 Å². The van der Waals surface area contributed by atoms with Crippen LogP contribution in [0.2, 0.25) is 5.15 Å². The second kappa shape index (κ2) is 4.25. The van der Waals surface area contributed by atoms with Gasteiger partial charge in [0.1, 0.15) is 11.3 Å². The number of hydrogen-bond donors (Lipinski definition) is 1. The van der Waals surface area contributed by atoms with Crippen LogP contribution in [-0.4, -0.2) is 17.2 Å². The molecule has 1 heterocycles. The van der Waals surface area contributed by atoms with Crippen LogP contribution in [0.25, 0.3) is 0 Å².